The van der Waals surface area contributed by atoms with Crippen LogP contribution in [-0.4, -0.2) is 18.5 Å². The standard InChI is InChI=1S/C10H13F2NO3/c1-3-15-9(14)10(11,12)8(13)7-5-4-6(2)16-7/h4-5,8H,3,13H2,1-2H3/t8-/m0/s1. The molecule has 16 heavy (non-hydrogen) atoms. The average molecular weight is 233 g/mol. The van der Waals surface area contributed by atoms with Gasteiger partial charge < -0.3 is 14.9 Å². The number of alkyl halides is 2. The molecular formula is C10H13F2NO3. The summed E-state index contributed by atoms with van der Waals surface area (Å²) < 4.78 is 36.1. The molecule has 0 bridgehead atoms. The highest BCUT2D eigenvalue weighted by Gasteiger charge is 2.49. The molecular weight excluding hydrogens is 220 g/mol. The Bertz CT molecular complexity index is 376. The Morgan fingerprint density at radius 1 is 1.62 bits per heavy atom. The van der Waals surface area contributed by atoms with Crippen molar-refractivity contribution in [3.05, 3.63) is 23.7 Å². The first kappa shape index (κ1) is 12.6. The quantitative estimate of drug-likeness (QED) is 0.805. The molecule has 0 aliphatic heterocycles. The van der Waals surface area contributed by atoms with Crippen molar-refractivity contribution in [3.8, 4) is 0 Å². The Kier molecular flexibility index (Phi) is 3.64. The molecule has 0 unspecified atom stereocenters. The summed E-state index contributed by atoms with van der Waals surface area (Å²) in [7, 11) is 0. The molecule has 0 aromatic carbocycles. The second-order valence-corrected chi connectivity index (χ2v) is 3.27. The van der Waals surface area contributed by atoms with Crippen molar-refractivity contribution in [1.82, 2.24) is 0 Å². The number of ether oxygens (including phenoxy) is 1. The highest BCUT2D eigenvalue weighted by atomic mass is 19.3. The fourth-order valence-electron chi connectivity index (χ4n) is 1.15. The maximum absolute atomic E-state index is 13.4. The van der Waals surface area contributed by atoms with Gasteiger partial charge in [0.2, 0.25) is 0 Å². The summed E-state index contributed by atoms with van der Waals surface area (Å²) in [6.07, 6.45) is 0. The van der Waals surface area contributed by atoms with E-state index in [0.717, 1.165) is 0 Å². The van der Waals surface area contributed by atoms with Crippen molar-refractivity contribution < 1.29 is 22.7 Å². The molecule has 0 radical (unpaired) electrons. The number of rotatable bonds is 4. The van der Waals surface area contributed by atoms with E-state index in [0.29, 0.717) is 5.76 Å². The Labute approximate surface area is 91.4 Å². The van der Waals surface area contributed by atoms with Crippen molar-refractivity contribution in [1.29, 1.82) is 0 Å². The topological polar surface area (TPSA) is 65.5 Å². The molecule has 4 nitrogen and oxygen atoms in total. The van der Waals surface area contributed by atoms with Gasteiger partial charge in [0.05, 0.1) is 6.61 Å². The minimum absolute atomic E-state index is 0.127. The Morgan fingerprint density at radius 2 is 2.25 bits per heavy atom. The minimum Gasteiger partial charge on any atom is -0.464 e. The van der Waals surface area contributed by atoms with Gasteiger partial charge in [-0.1, -0.05) is 0 Å². The lowest BCUT2D eigenvalue weighted by molar-refractivity contribution is -0.175. The molecule has 0 saturated carbocycles. The number of carbonyl (C=O) groups excluding carboxylic acids is 1. The van der Waals surface area contributed by atoms with Crippen molar-refractivity contribution >= 4 is 5.97 Å². The van der Waals surface area contributed by atoms with Crippen molar-refractivity contribution in [2.24, 2.45) is 5.73 Å². The van der Waals surface area contributed by atoms with Gasteiger partial charge in [-0.15, -0.1) is 0 Å². The zero-order valence-electron chi connectivity index (χ0n) is 9.00. The van der Waals surface area contributed by atoms with E-state index >= 15 is 0 Å². The first-order chi connectivity index (χ1) is 7.39. The lowest BCUT2D eigenvalue weighted by atomic mass is 10.1. The van der Waals surface area contributed by atoms with Gasteiger partial charge in [-0.2, -0.15) is 8.78 Å². The molecule has 0 aliphatic carbocycles. The van der Waals surface area contributed by atoms with E-state index < -0.39 is 17.9 Å². The van der Waals surface area contributed by atoms with Gasteiger partial charge in [0, 0.05) is 0 Å². The van der Waals surface area contributed by atoms with E-state index in [1.165, 1.54) is 19.1 Å². The van der Waals surface area contributed by atoms with Gasteiger partial charge in [0.1, 0.15) is 17.6 Å². The van der Waals surface area contributed by atoms with Crippen LogP contribution in [0.4, 0.5) is 8.78 Å². The summed E-state index contributed by atoms with van der Waals surface area (Å²) in [4.78, 5) is 11.0. The zero-order valence-corrected chi connectivity index (χ0v) is 9.00. The smallest absolute Gasteiger partial charge is 0.379 e. The molecule has 0 amide bonds. The predicted octanol–water partition coefficient (Wildman–Crippen LogP) is 1.79. The van der Waals surface area contributed by atoms with Crippen LogP contribution in [0, 0.1) is 6.92 Å². The summed E-state index contributed by atoms with van der Waals surface area (Å²) in [6.45, 7) is 2.91. The molecule has 1 rings (SSSR count). The second kappa shape index (κ2) is 4.61. The van der Waals surface area contributed by atoms with Crippen LogP contribution in [0.3, 0.4) is 0 Å². The van der Waals surface area contributed by atoms with E-state index in [1.807, 2.05) is 0 Å². The second-order valence-electron chi connectivity index (χ2n) is 3.27. The molecule has 1 aromatic heterocycles. The third-order valence-electron chi connectivity index (χ3n) is 2.01. The summed E-state index contributed by atoms with van der Waals surface area (Å²) in [5, 5.41) is 0. The fourth-order valence-corrected chi connectivity index (χ4v) is 1.15. The lowest BCUT2D eigenvalue weighted by Gasteiger charge is -2.19. The highest BCUT2D eigenvalue weighted by molar-refractivity contribution is 5.78. The summed E-state index contributed by atoms with van der Waals surface area (Å²) >= 11 is 0. The van der Waals surface area contributed by atoms with Crippen molar-refractivity contribution in [2.75, 3.05) is 6.61 Å². The monoisotopic (exact) mass is 233 g/mol. The van der Waals surface area contributed by atoms with Gasteiger partial charge >= 0.3 is 11.9 Å². The molecule has 1 aromatic rings. The van der Waals surface area contributed by atoms with Gasteiger partial charge in [0.15, 0.2) is 0 Å². The molecule has 0 fully saturated rings. The zero-order chi connectivity index (χ0) is 12.3. The molecule has 0 spiro atoms. The van der Waals surface area contributed by atoms with Crippen LogP contribution < -0.4 is 5.73 Å². The maximum Gasteiger partial charge on any atom is 0.379 e. The van der Waals surface area contributed by atoms with E-state index in [4.69, 9.17) is 10.2 Å². The first-order valence-corrected chi connectivity index (χ1v) is 4.76. The maximum atomic E-state index is 13.4. The largest absolute Gasteiger partial charge is 0.464 e. The number of carbonyl (C=O) groups is 1. The fraction of sp³-hybridized carbons (Fsp3) is 0.500. The van der Waals surface area contributed by atoms with Gasteiger partial charge in [0.25, 0.3) is 0 Å². The van der Waals surface area contributed by atoms with Crippen LogP contribution in [0.25, 0.3) is 0 Å². The lowest BCUT2D eigenvalue weighted by Crippen LogP contribution is -2.41. The number of aryl methyl sites for hydroxylation is 1. The van der Waals surface area contributed by atoms with E-state index in [-0.39, 0.29) is 12.4 Å². The predicted molar refractivity (Wildman–Crippen MR) is 52.0 cm³/mol. The van der Waals surface area contributed by atoms with Gasteiger partial charge in [-0.25, -0.2) is 4.79 Å². The molecule has 0 aliphatic rings. The number of esters is 1. The van der Waals surface area contributed by atoms with Crippen molar-refractivity contribution in [3.63, 3.8) is 0 Å². The minimum atomic E-state index is -3.79. The van der Waals surface area contributed by atoms with Gasteiger partial charge in [-0.3, -0.25) is 0 Å². The Morgan fingerprint density at radius 3 is 2.69 bits per heavy atom. The van der Waals surface area contributed by atoms with Crippen LogP contribution in [0.15, 0.2) is 16.5 Å². The molecule has 90 valence electrons. The average Bonchev–Trinajstić information content (AvgIpc) is 2.64. The van der Waals surface area contributed by atoms with Crippen LogP contribution in [0.1, 0.15) is 24.5 Å². The number of hydrogen-bond donors (Lipinski definition) is 1. The summed E-state index contributed by atoms with van der Waals surface area (Å²) in [5.74, 6) is -5.13. The third-order valence-corrected chi connectivity index (χ3v) is 2.01. The Balaban J connectivity index is 2.87. The normalized spacial score (nSPS) is 13.6. The van der Waals surface area contributed by atoms with Gasteiger partial charge in [-0.05, 0) is 26.0 Å². The number of furan rings is 1. The molecule has 1 heterocycles. The number of hydrogen-bond acceptors (Lipinski definition) is 4. The van der Waals surface area contributed by atoms with E-state index in [1.54, 1.807) is 6.92 Å². The van der Waals surface area contributed by atoms with Crippen LogP contribution >= 0.6 is 0 Å². The molecule has 2 N–H and O–H groups in total. The third kappa shape index (κ3) is 2.38. The molecule has 0 saturated heterocycles. The molecule has 6 heteroatoms. The summed E-state index contributed by atoms with van der Waals surface area (Å²) in [6, 6.07) is 0.976. The van der Waals surface area contributed by atoms with Crippen LogP contribution in [0.5, 0.6) is 0 Å². The number of halogens is 2. The van der Waals surface area contributed by atoms with Crippen LogP contribution in [0.2, 0.25) is 0 Å². The highest BCUT2D eigenvalue weighted by Crippen LogP contribution is 2.31. The van der Waals surface area contributed by atoms with Crippen molar-refractivity contribution in [2.45, 2.75) is 25.8 Å². The SMILES string of the molecule is CCOC(=O)C(F)(F)[C@@H](N)c1ccc(C)o1. The van der Waals surface area contributed by atoms with E-state index in [9.17, 15) is 13.6 Å². The number of nitrogens with two attached hydrogens (primary N) is 1. The Hall–Kier alpha value is -1.43. The summed E-state index contributed by atoms with van der Waals surface area (Å²) in [5.41, 5.74) is 5.27. The van der Waals surface area contributed by atoms with Crippen LogP contribution in [-0.2, 0) is 9.53 Å². The van der Waals surface area contributed by atoms with E-state index in [2.05, 4.69) is 4.74 Å². The molecule has 1 atom stereocenters. The first-order valence-electron chi connectivity index (χ1n) is 4.76.